The van der Waals surface area contributed by atoms with E-state index in [0.717, 1.165) is 0 Å². The van der Waals surface area contributed by atoms with Crippen LogP contribution in [0.15, 0.2) is 12.7 Å². The van der Waals surface area contributed by atoms with Gasteiger partial charge >= 0.3 is 29.6 Å². The van der Waals surface area contributed by atoms with E-state index >= 15 is 0 Å². The summed E-state index contributed by atoms with van der Waals surface area (Å²) in [6, 6.07) is 0. The Morgan fingerprint density at radius 3 is 2.62 bits per heavy atom. The first-order valence-electron chi connectivity index (χ1n) is 3.68. The predicted molar refractivity (Wildman–Crippen MR) is 47.3 cm³/mol. The van der Waals surface area contributed by atoms with Gasteiger partial charge in [0.2, 0.25) is 0 Å². The van der Waals surface area contributed by atoms with E-state index < -0.39 is 16.2 Å². The van der Waals surface area contributed by atoms with Crippen LogP contribution in [-0.2, 0) is 14.3 Å². The largest absolute Gasteiger partial charge is 1.00 e. The van der Waals surface area contributed by atoms with Crippen LogP contribution in [0.5, 0.6) is 0 Å². The molecule has 6 heteroatoms. The van der Waals surface area contributed by atoms with Crippen molar-refractivity contribution in [3.05, 3.63) is 12.7 Å². The van der Waals surface area contributed by atoms with Gasteiger partial charge in [0.25, 0.3) is 10.1 Å². The van der Waals surface area contributed by atoms with Crippen LogP contribution >= 0.6 is 0 Å². The second kappa shape index (κ2) is 7.96. The topological polar surface area (TPSA) is 63.6 Å². The van der Waals surface area contributed by atoms with Crippen LogP contribution < -0.4 is 29.6 Å². The third kappa shape index (κ3) is 8.93. The first-order chi connectivity index (χ1) is 5.52. The number of aliphatic hydroxyl groups excluding tert-OH is 1. The second-order valence-corrected chi connectivity index (χ2v) is 4.04. The maximum Gasteiger partial charge on any atom is 1.00 e. The van der Waals surface area contributed by atoms with Crippen molar-refractivity contribution in [2.24, 2.45) is 0 Å². The Kier molecular flexibility index (Phi) is 9.83. The van der Waals surface area contributed by atoms with Crippen molar-refractivity contribution < 1.29 is 48.7 Å². The molecule has 0 aromatic rings. The van der Waals surface area contributed by atoms with Gasteiger partial charge < -0.3 is 6.53 Å². The molecule has 0 heterocycles. The quantitative estimate of drug-likeness (QED) is 0.302. The summed E-state index contributed by atoms with van der Waals surface area (Å²) < 4.78 is 26.3. The van der Waals surface area contributed by atoms with E-state index in [2.05, 4.69) is 10.8 Å². The number of rotatable bonds is 6. The van der Waals surface area contributed by atoms with E-state index in [1.54, 1.807) is 6.92 Å². The zero-order chi connectivity index (χ0) is 9.61. The van der Waals surface area contributed by atoms with E-state index in [-0.39, 0.29) is 43.3 Å². The van der Waals surface area contributed by atoms with Crippen molar-refractivity contribution in [2.45, 2.75) is 19.4 Å². The summed E-state index contributed by atoms with van der Waals surface area (Å²) in [6.45, 7) is 4.97. The molecule has 0 bridgehead atoms. The van der Waals surface area contributed by atoms with E-state index in [4.69, 9.17) is 5.11 Å². The molecule has 0 aliphatic heterocycles. The fraction of sp³-hybridized carbons (Fsp3) is 0.714. The Labute approximate surface area is 103 Å². The van der Waals surface area contributed by atoms with Crippen molar-refractivity contribution in [3.63, 3.8) is 0 Å². The predicted octanol–water partition coefficient (Wildman–Crippen LogP) is -2.59. The third-order valence-corrected chi connectivity index (χ3v) is 2.52. The summed E-state index contributed by atoms with van der Waals surface area (Å²) in [5, 5.41) is 9.01. The maximum atomic E-state index is 10.9. The molecule has 0 aliphatic rings. The Hall–Kier alpha value is 0.610. The Bertz CT molecular complexity index is 230. The molecule has 4 nitrogen and oxygen atoms in total. The summed E-state index contributed by atoms with van der Waals surface area (Å²) in [4.78, 5) is 0. The number of hydrogen-bond acceptors (Lipinski definition) is 4. The Morgan fingerprint density at radius 2 is 2.23 bits per heavy atom. The van der Waals surface area contributed by atoms with E-state index in [1.165, 1.54) is 6.08 Å². The fourth-order valence-electron chi connectivity index (χ4n) is 0.553. The molecule has 0 aliphatic carbocycles. The molecule has 0 fully saturated rings. The van der Waals surface area contributed by atoms with Crippen molar-refractivity contribution in [2.75, 3.05) is 12.4 Å². The molecule has 74 valence electrons. The average Bonchev–Trinajstić information content (AvgIpc) is 2.00. The summed E-state index contributed by atoms with van der Waals surface area (Å²) in [6.07, 6.45) is 0.895. The molecule has 0 amide bonds. The van der Waals surface area contributed by atoms with Crippen molar-refractivity contribution >= 4 is 10.1 Å². The fourth-order valence-corrected chi connectivity index (χ4v) is 1.66. The SMILES string of the molecule is C=CCOS(=O)(=O)CC(O)CC.[H-].[Na+]. The number of hydrogen-bond donors (Lipinski definition) is 1. The molecule has 0 saturated carbocycles. The van der Waals surface area contributed by atoms with E-state index in [9.17, 15) is 8.42 Å². The summed E-state index contributed by atoms with van der Waals surface area (Å²) in [5.41, 5.74) is 0. The van der Waals surface area contributed by atoms with E-state index in [1.807, 2.05) is 0 Å². The molecule has 13 heavy (non-hydrogen) atoms. The third-order valence-electron chi connectivity index (χ3n) is 1.23. The van der Waals surface area contributed by atoms with Gasteiger partial charge in [-0.2, -0.15) is 8.42 Å². The van der Waals surface area contributed by atoms with Crippen molar-refractivity contribution in [1.82, 2.24) is 0 Å². The molecule has 1 atom stereocenters. The molecule has 0 aromatic heterocycles. The minimum absolute atomic E-state index is 0. The van der Waals surface area contributed by atoms with Crippen molar-refractivity contribution in [1.29, 1.82) is 0 Å². The number of aliphatic hydroxyl groups is 1. The zero-order valence-electron chi connectivity index (χ0n) is 9.06. The standard InChI is InChI=1S/C7H14O4S.Na.H/c1-3-5-11-12(9,10)6-7(8)4-2;;/h3,7-8H,1,4-6H2,2H3;;/q;+1;-1. The summed E-state index contributed by atoms with van der Waals surface area (Å²) >= 11 is 0. The maximum absolute atomic E-state index is 10.9. The van der Waals surface area contributed by atoms with Crippen LogP contribution in [0.4, 0.5) is 0 Å². The van der Waals surface area contributed by atoms with Gasteiger partial charge in [-0.05, 0) is 6.42 Å². The van der Waals surface area contributed by atoms with E-state index in [0.29, 0.717) is 6.42 Å². The van der Waals surface area contributed by atoms with Crippen LogP contribution in [0.3, 0.4) is 0 Å². The molecule has 1 unspecified atom stereocenters. The zero-order valence-corrected chi connectivity index (χ0v) is 10.9. The molecular formula is C7H15NaO4S. The smallest absolute Gasteiger partial charge is 1.00 e. The minimum atomic E-state index is -3.58. The van der Waals surface area contributed by atoms with Crippen LogP contribution in [0.1, 0.15) is 14.8 Å². The molecule has 0 aromatic carbocycles. The molecule has 0 spiro atoms. The molecule has 0 saturated heterocycles. The van der Waals surface area contributed by atoms with Gasteiger partial charge in [-0.25, -0.2) is 0 Å². The van der Waals surface area contributed by atoms with Crippen molar-refractivity contribution in [3.8, 4) is 0 Å². The monoisotopic (exact) mass is 218 g/mol. The van der Waals surface area contributed by atoms with Crippen LogP contribution in [0.2, 0.25) is 0 Å². The van der Waals surface area contributed by atoms with Crippen LogP contribution in [-0.4, -0.2) is 32.0 Å². The van der Waals surface area contributed by atoms with Gasteiger partial charge in [0, 0.05) is 0 Å². The Morgan fingerprint density at radius 1 is 1.69 bits per heavy atom. The van der Waals surface area contributed by atoms with Crippen LogP contribution in [0.25, 0.3) is 0 Å². The molecule has 0 radical (unpaired) electrons. The normalized spacial score (nSPS) is 13.1. The van der Waals surface area contributed by atoms with Gasteiger partial charge in [-0.1, -0.05) is 13.0 Å². The Balaban J connectivity index is -0.000000605. The molecule has 1 N–H and O–H groups in total. The summed E-state index contributed by atoms with van der Waals surface area (Å²) in [7, 11) is -3.58. The van der Waals surface area contributed by atoms with Crippen LogP contribution in [0, 0.1) is 0 Å². The van der Waals surface area contributed by atoms with Gasteiger partial charge in [0.1, 0.15) is 5.75 Å². The first-order valence-corrected chi connectivity index (χ1v) is 5.25. The molecule has 0 rings (SSSR count). The first kappa shape index (κ1) is 16.1. The van der Waals surface area contributed by atoms with Gasteiger partial charge in [-0.3, -0.25) is 4.18 Å². The van der Waals surface area contributed by atoms with Gasteiger partial charge in [0.05, 0.1) is 12.7 Å². The van der Waals surface area contributed by atoms with Gasteiger partial charge in [-0.15, -0.1) is 6.58 Å². The second-order valence-electron chi connectivity index (χ2n) is 2.36. The summed E-state index contributed by atoms with van der Waals surface area (Å²) in [5.74, 6) is -0.350. The average molecular weight is 218 g/mol. The van der Waals surface area contributed by atoms with Gasteiger partial charge in [0.15, 0.2) is 0 Å². The minimum Gasteiger partial charge on any atom is -1.00 e. The molecular weight excluding hydrogens is 203 g/mol.